The minimum absolute atomic E-state index is 0.247. The van der Waals surface area contributed by atoms with Crippen LogP contribution in [0.2, 0.25) is 0 Å². The molecule has 0 spiro atoms. The van der Waals surface area contributed by atoms with E-state index in [1.807, 2.05) is 0 Å². The molecule has 0 radical (unpaired) electrons. The number of hydrogen-bond donors (Lipinski definition) is 0. The maximum Gasteiger partial charge on any atom is 0.501 e. The zero-order valence-electron chi connectivity index (χ0n) is 13.1. The monoisotopic (exact) mass is 398 g/mol. The van der Waals surface area contributed by atoms with E-state index in [2.05, 4.69) is 0 Å². The van der Waals surface area contributed by atoms with Crippen LogP contribution in [0.15, 0.2) is 23.1 Å². The van der Waals surface area contributed by atoms with Crippen molar-refractivity contribution in [2.75, 3.05) is 32.9 Å². The van der Waals surface area contributed by atoms with Crippen molar-refractivity contribution in [3.05, 3.63) is 28.3 Å². The summed E-state index contributed by atoms with van der Waals surface area (Å²) in [4.78, 5) is 22.0. The molecule has 1 aromatic rings. The van der Waals surface area contributed by atoms with Gasteiger partial charge in [-0.05, 0) is 12.1 Å². The summed E-state index contributed by atoms with van der Waals surface area (Å²) < 4.78 is 70.5. The Labute approximate surface area is 145 Å². The number of morpholine rings is 1. The second kappa shape index (κ2) is 7.45. The largest absolute Gasteiger partial charge is 0.501 e. The van der Waals surface area contributed by atoms with Gasteiger partial charge in [0.05, 0.1) is 23.0 Å². The van der Waals surface area contributed by atoms with Crippen molar-refractivity contribution in [3.8, 4) is 5.75 Å². The molecular weight excluding hydrogens is 385 g/mol. The van der Waals surface area contributed by atoms with Crippen LogP contribution in [-0.4, -0.2) is 62.6 Å². The fourth-order valence-electron chi connectivity index (χ4n) is 2.11. The van der Waals surface area contributed by atoms with Gasteiger partial charge in [-0.25, -0.2) is 8.42 Å². The van der Waals surface area contributed by atoms with Crippen LogP contribution in [0.5, 0.6) is 5.75 Å². The third kappa shape index (κ3) is 4.22. The van der Waals surface area contributed by atoms with Gasteiger partial charge in [0.1, 0.15) is 0 Å². The number of carbonyl (C=O) groups is 1. The highest BCUT2D eigenvalue weighted by atomic mass is 32.2. The standard InChI is InChI=1S/C13H13F3N2O7S/c14-13(15,16)26(22,23)9-1-2-11(10(7-9)18(20)21)25-8-12(19)17-3-5-24-6-4-17/h1-2,7H,3-6,8H2. The molecule has 1 aliphatic rings. The van der Waals surface area contributed by atoms with Crippen LogP contribution in [0.1, 0.15) is 0 Å². The Morgan fingerprint density at radius 1 is 1.31 bits per heavy atom. The molecule has 2 rings (SSSR count). The molecule has 0 atom stereocenters. The van der Waals surface area contributed by atoms with E-state index in [1.54, 1.807) is 0 Å². The van der Waals surface area contributed by atoms with Crippen LogP contribution in [0.25, 0.3) is 0 Å². The summed E-state index contributed by atoms with van der Waals surface area (Å²) in [6, 6.07) is 1.49. The molecule has 0 aromatic heterocycles. The van der Waals surface area contributed by atoms with Crippen molar-refractivity contribution < 1.29 is 40.8 Å². The van der Waals surface area contributed by atoms with Gasteiger partial charge in [0, 0.05) is 19.2 Å². The molecule has 1 heterocycles. The Bertz CT molecular complexity index is 804. The van der Waals surface area contributed by atoms with Crippen LogP contribution < -0.4 is 4.74 Å². The number of nitrogens with zero attached hydrogens (tertiary/aromatic N) is 2. The number of carbonyl (C=O) groups excluding carboxylic acids is 1. The summed E-state index contributed by atoms with van der Waals surface area (Å²) >= 11 is 0. The van der Waals surface area contributed by atoms with Gasteiger partial charge in [0.15, 0.2) is 12.4 Å². The molecule has 26 heavy (non-hydrogen) atoms. The molecule has 13 heteroatoms. The molecule has 0 saturated carbocycles. The predicted molar refractivity (Wildman–Crippen MR) is 79.2 cm³/mol. The van der Waals surface area contributed by atoms with E-state index in [1.165, 1.54) is 4.90 Å². The molecule has 0 unspecified atom stereocenters. The van der Waals surface area contributed by atoms with E-state index in [0.717, 1.165) is 0 Å². The van der Waals surface area contributed by atoms with Gasteiger partial charge >= 0.3 is 11.2 Å². The smallest absolute Gasteiger partial charge is 0.477 e. The van der Waals surface area contributed by atoms with E-state index in [-0.39, 0.29) is 6.07 Å². The quantitative estimate of drug-likeness (QED) is 0.539. The molecule has 1 aliphatic heterocycles. The zero-order chi connectivity index (χ0) is 19.5. The van der Waals surface area contributed by atoms with E-state index < -0.39 is 49.1 Å². The molecule has 144 valence electrons. The minimum atomic E-state index is -5.75. The van der Waals surface area contributed by atoms with Crippen LogP contribution in [0.4, 0.5) is 18.9 Å². The van der Waals surface area contributed by atoms with Crippen molar-refractivity contribution >= 4 is 21.4 Å². The summed E-state index contributed by atoms with van der Waals surface area (Å²) in [5, 5.41) is 11.0. The lowest BCUT2D eigenvalue weighted by Gasteiger charge is -2.26. The van der Waals surface area contributed by atoms with E-state index in [9.17, 15) is 36.5 Å². The number of halogens is 3. The Hall–Kier alpha value is -2.41. The van der Waals surface area contributed by atoms with E-state index in [0.29, 0.717) is 38.4 Å². The first-order valence-electron chi connectivity index (χ1n) is 7.12. The first kappa shape index (κ1) is 19.9. The fraction of sp³-hybridized carbons (Fsp3) is 0.462. The van der Waals surface area contributed by atoms with Crippen LogP contribution in [0, 0.1) is 10.1 Å². The number of sulfone groups is 1. The Balaban J connectivity index is 2.21. The fourth-order valence-corrected chi connectivity index (χ4v) is 2.89. The van der Waals surface area contributed by atoms with Gasteiger partial charge in [-0.2, -0.15) is 13.2 Å². The molecule has 1 fully saturated rings. The average molecular weight is 398 g/mol. The lowest BCUT2D eigenvalue weighted by molar-refractivity contribution is -0.386. The number of benzene rings is 1. The predicted octanol–water partition coefficient (Wildman–Crippen LogP) is 1.13. The SMILES string of the molecule is O=C(COc1ccc(S(=O)(=O)C(F)(F)F)cc1[N+](=O)[O-])N1CCOCC1. The Morgan fingerprint density at radius 3 is 2.46 bits per heavy atom. The maximum absolute atomic E-state index is 12.6. The summed E-state index contributed by atoms with van der Waals surface area (Å²) in [6.07, 6.45) is 0. The third-order valence-electron chi connectivity index (χ3n) is 3.46. The van der Waals surface area contributed by atoms with Gasteiger partial charge in [0.2, 0.25) is 0 Å². The number of rotatable bonds is 5. The number of amides is 1. The molecular formula is C13H13F3N2O7S. The highest BCUT2D eigenvalue weighted by molar-refractivity contribution is 7.92. The number of hydrogen-bond acceptors (Lipinski definition) is 7. The topological polar surface area (TPSA) is 116 Å². The second-order valence-corrected chi connectivity index (χ2v) is 7.06. The number of nitro groups is 1. The molecule has 1 saturated heterocycles. The maximum atomic E-state index is 12.6. The van der Waals surface area contributed by atoms with Crippen LogP contribution in [0.3, 0.4) is 0 Å². The second-order valence-electron chi connectivity index (χ2n) is 5.12. The summed E-state index contributed by atoms with van der Waals surface area (Å²) in [7, 11) is -5.75. The lowest BCUT2D eigenvalue weighted by Crippen LogP contribution is -2.43. The number of alkyl halides is 3. The molecule has 1 aromatic carbocycles. The van der Waals surface area contributed by atoms with Crippen molar-refractivity contribution in [2.45, 2.75) is 10.4 Å². The van der Waals surface area contributed by atoms with Gasteiger partial charge < -0.3 is 14.4 Å². The summed E-state index contributed by atoms with van der Waals surface area (Å²) in [6.45, 7) is 0.693. The Kier molecular flexibility index (Phi) is 5.71. The first-order valence-corrected chi connectivity index (χ1v) is 8.60. The van der Waals surface area contributed by atoms with Gasteiger partial charge in [-0.1, -0.05) is 0 Å². The minimum Gasteiger partial charge on any atom is -0.477 e. The normalized spacial score (nSPS) is 15.6. The van der Waals surface area contributed by atoms with Gasteiger partial charge in [0.25, 0.3) is 15.7 Å². The molecule has 1 amide bonds. The summed E-state index contributed by atoms with van der Waals surface area (Å²) in [5.74, 6) is -1.01. The van der Waals surface area contributed by atoms with Gasteiger partial charge in [-0.3, -0.25) is 14.9 Å². The molecule has 0 N–H and O–H groups in total. The molecule has 0 aliphatic carbocycles. The summed E-state index contributed by atoms with van der Waals surface area (Å²) in [5.41, 5.74) is -6.60. The van der Waals surface area contributed by atoms with Gasteiger partial charge in [-0.15, -0.1) is 0 Å². The number of nitro benzene ring substituents is 1. The zero-order valence-corrected chi connectivity index (χ0v) is 13.9. The number of ether oxygens (including phenoxy) is 2. The lowest BCUT2D eigenvalue weighted by atomic mass is 10.3. The highest BCUT2D eigenvalue weighted by Crippen LogP contribution is 2.35. The molecule has 9 nitrogen and oxygen atoms in total. The van der Waals surface area contributed by atoms with Crippen LogP contribution >= 0.6 is 0 Å². The van der Waals surface area contributed by atoms with Crippen molar-refractivity contribution in [1.29, 1.82) is 0 Å². The Morgan fingerprint density at radius 2 is 1.92 bits per heavy atom. The average Bonchev–Trinajstić information content (AvgIpc) is 2.59. The van der Waals surface area contributed by atoms with Crippen molar-refractivity contribution in [1.82, 2.24) is 4.90 Å². The third-order valence-corrected chi connectivity index (χ3v) is 4.94. The van der Waals surface area contributed by atoms with Crippen LogP contribution in [-0.2, 0) is 19.4 Å². The first-order chi connectivity index (χ1) is 12.0. The van der Waals surface area contributed by atoms with E-state index >= 15 is 0 Å². The molecule has 0 bridgehead atoms. The van der Waals surface area contributed by atoms with E-state index in [4.69, 9.17) is 9.47 Å². The van der Waals surface area contributed by atoms with Crippen molar-refractivity contribution in [2.24, 2.45) is 0 Å². The van der Waals surface area contributed by atoms with Crippen molar-refractivity contribution in [3.63, 3.8) is 0 Å². The highest BCUT2D eigenvalue weighted by Gasteiger charge is 2.47.